The van der Waals surface area contributed by atoms with Gasteiger partial charge in [-0.3, -0.25) is 0 Å². The van der Waals surface area contributed by atoms with Crippen molar-refractivity contribution < 1.29 is 13.5 Å². The Hall–Kier alpha value is -0.130. The summed E-state index contributed by atoms with van der Waals surface area (Å²) in [6.45, 7) is 2.01. The first kappa shape index (κ1) is 11.9. The fourth-order valence-corrected chi connectivity index (χ4v) is 3.30. The van der Waals surface area contributed by atoms with Crippen molar-refractivity contribution in [3.63, 3.8) is 0 Å². The maximum Gasteiger partial charge on any atom is 0.211 e. The van der Waals surface area contributed by atoms with Crippen LogP contribution in [-0.2, 0) is 10.0 Å². The molecule has 2 unspecified atom stereocenters. The van der Waals surface area contributed by atoms with E-state index in [2.05, 4.69) is 11.6 Å². The van der Waals surface area contributed by atoms with Gasteiger partial charge >= 0.3 is 0 Å². The Morgan fingerprint density at radius 1 is 1.43 bits per heavy atom. The minimum atomic E-state index is -3.17. The zero-order valence-electron chi connectivity index (χ0n) is 8.57. The molecule has 0 bridgehead atoms. The van der Waals surface area contributed by atoms with Crippen LogP contribution in [0.1, 0.15) is 32.6 Å². The predicted octanol–water partition coefficient (Wildman–Crippen LogP) is 0.477. The third-order valence-electron chi connectivity index (χ3n) is 2.76. The first-order valence-electron chi connectivity index (χ1n) is 5.16. The Kier molecular flexibility index (Phi) is 4.34. The second kappa shape index (κ2) is 5.09. The number of aliphatic hydroxyl groups excluding tert-OH is 1. The lowest BCUT2D eigenvalue weighted by Gasteiger charge is -2.16. The smallest absolute Gasteiger partial charge is 0.211 e. The largest absolute Gasteiger partial charge is 0.396 e. The summed E-state index contributed by atoms with van der Waals surface area (Å²) in [4.78, 5) is 0. The van der Waals surface area contributed by atoms with Crippen LogP contribution in [0.4, 0.5) is 0 Å². The average molecular weight is 221 g/mol. The van der Waals surface area contributed by atoms with E-state index in [0.717, 1.165) is 19.3 Å². The Morgan fingerprint density at radius 2 is 2.14 bits per heavy atom. The van der Waals surface area contributed by atoms with Gasteiger partial charge in [-0.2, -0.15) is 0 Å². The van der Waals surface area contributed by atoms with E-state index in [1.807, 2.05) is 0 Å². The van der Waals surface area contributed by atoms with Gasteiger partial charge in [-0.25, -0.2) is 13.1 Å². The van der Waals surface area contributed by atoms with Gasteiger partial charge in [0.15, 0.2) is 0 Å². The number of sulfonamides is 1. The lowest BCUT2D eigenvalue weighted by atomic mass is 10.1. The molecule has 1 aliphatic carbocycles. The first-order chi connectivity index (χ1) is 6.55. The van der Waals surface area contributed by atoms with Crippen LogP contribution in [0, 0.1) is 5.92 Å². The van der Waals surface area contributed by atoms with Gasteiger partial charge in [0.25, 0.3) is 0 Å². The predicted molar refractivity (Wildman–Crippen MR) is 55.4 cm³/mol. The minimum absolute atomic E-state index is 0.0344. The van der Waals surface area contributed by atoms with Crippen LogP contribution >= 0.6 is 0 Å². The second-order valence-electron chi connectivity index (χ2n) is 4.03. The van der Waals surface area contributed by atoms with Gasteiger partial charge in [0, 0.05) is 12.6 Å². The van der Waals surface area contributed by atoms with Crippen LogP contribution in [0.2, 0.25) is 0 Å². The molecule has 4 nitrogen and oxygen atoms in total. The summed E-state index contributed by atoms with van der Waals surface area (Å²) < 4.78 is 25.6. The van der Waals surface area contributed by atoms with E-state index in [1.54, 1.807) is 0 Å². The average Bonchev–Trinajstić information content (AvgIpc) is 2.48. The van der Waals surface area contributed by atoms with Crippen molar-refractivity contribution in [2.75, 3.05) is 12.4 Å². The molecule has 1 rings (SSSR count). The van der Waals surface area contributed by atoms with Crippen molar-refractivity contribution in [2.24, 2.45) is 5.92 Å². The van der Waals surface area contributed by atoms with Gasteiger partial charge in [-0.05, 0) is 25.2 Å². The van der Waals surface area contributed by atoms with Crippen molar-refractivity contribution in [3.05, 3.63) is 0 Å². The van der Waals surface area contributed by atoms with Crippen LogP contribution in [0.3, 0.4) is 0 Å². The highest BCUT2D eigenvalue weighted by atomic mass is 32.2. The molecule has 0 aromatic rings. The topological polar surface area (TPSA) is 66.4 Å². The molecule has 0 spiro atoms. The molecule has 0 amide bonds. The van der Waals surface area contributed by atoms with E-state index in [-0.39, 0.29) is 18.4 Å². The maximum absolute atomic E-state index is 11.5. The molecule has 0 radical (unpaired) electrons. The highest BCUT2D eigenvalue weighted by Gasteiger charge is 2.26. The molecular weight excluding hydrogens is 202 g/mol. The molecule has 0 aromatic heterocycles. The monoisotopic (exact) mass is 221 g/mol. The molecule has 0 heterocycles. The zero-order valence-corrected chi connectivity index (χ0v) is 9.39. The van der Waals surface area contributed by atoms with Crippen molar-refractivity contribution in [2.45, 2.75) is 38.6 Å². The van der Waals surface area contributed by atoms with Gasteiger partial charge in [0.05, 0.1) is 5.75 Å². The lowest BCUT2D eigenvalue weighted by molar-refractivity contribution is 0.295. The minimum Gasteiger partial charge on any atom is -0.396 e. The van der Waals surface area contributed by atoms with Gasteiger partial charge in [0.1, 0.15) is 0 Å². The molecule has 0 saturated heterocycles. The van der Waals surface area contributed by atoms with E-state index < -0.39 is 10.0 Å². The SMILES string of the molecule is CC1CCCC1NS(=O)(=O)CCCO. The molecule has 5 heteroatoms. The Bertz CT molecular complexity index is 263. The molecule has 2 atom stereocenters. The van der Waals surface area contributed by atoms with Crippen LogP contribution < -0.4 is 4.72 Å². The highest BCUT2D eigenvalue weighted by molar-refractivity contribution is 7.89. The van der Waals surface area contributed by atoms with E-state index in [1.165, 1.54) is 0 Å². The van der Waals surface area contributed by atoms with Gasteiger partial charge < -0.3 is 5.11 Å². The first-order valence-corrected chi connectivity index (χ1v) is 6.81. The number of nitrogens with one attached hydrogen (secondary N) is 1. The standard InChI is InChI=1S/C9H19NO3S/c1-8-4-2-5-9(8)10-14(12,13)7-3-6-11/h8-11H,2-7H2,1H3. The summed E-state index contributed by atoms with van der Waals surface area (Å²) in [5.74, 6) is 0.478. The molecule has 1 aliphatic rings. The number of rotatable bonds is 5. The molecule has 0 aliphatic heterocycles. The fourth-order valence-electron chi connectivity index (χ4n) is 1.86. The van der Waals surface area contributed by atoms with Gasteiger partial charge in [-0.15, -0.1) is 0 Å². The summed E-state index contributed by atoms with van der Waals surface area (Å²) in [7, 11) is -3.17. The molecular formula is C9H19NO3S. The van der Waals surface area contributed by atoms with Crippen molar-refractivity contribution in [1.82, 2.24) is 4.72 Å². The molecule has 1 saturated carbocycles. The zero-order chi connectivity index (χ0) is 10.6. The van der Waals surface area contributed by atoms with Crippen LogP contribution in [0.15, 0.2) is 0 Å². The summed E-state index contributed by atoms with van der Waals surface area (Å²) >= 11 is 0. The lowest BCUT2D eigenvalue weighted by Crippen LogP contribution is -2.37. The number of aliphatic hydroxyl groups is 1. The van der Waals surface area contributed by atoms with Gasteiger partial charge in [-0.1, -0.05) is 13.3 Å². The van der Waals surface area contributed by atoms with Crippen LogP contribution in [0.5, 0.6) is 0 Å². The molecule has 2 N–H and O–H groups in total. The maximum atomic E-state index is 11.5. The van der Waals surface area contributed by atoms with E-state index in [0.29, 0.717) is 12.3 Å². The van der Waals surface area contributed by atoms with Gasteiger partial charge in [0.2, 0.25) is 10.0 Å². The van der Waals surface area contributed by atoms with Crippen molar-refractivity contribution in [3.8, 4) is 0 Å². The molecule has 0 aromatic carbocycles. The Morgan fingerprint density at radius 3 is 2.64 bits per heavy atom. The van der Waals surface area contributed by atoms with E-state index in [4.69, 9.17) is 5.11 Å². The third kappa shape index (κ3) is 3.55. The fraction of sp³-hybridized carbons (Fsp3) is 1.00. The van der Waals surface area contributed by atoms with Crippen LogP contribution in [0.25, 0.3) is 0 Å². The summed E-state index contributed by atoms with van der Waals surface area (Å²) in [6.07, 6.45) is 3.47. The van der Waals surface area contributed by atoms with E-state index >= 15 is 0 Å². The molecule has 84 valence electrons. The van der Waals surface area contributed by atoms with Crippen molar-refractivity contribution >= 4 is 10.0 Å². The van der Waals surface area contributed by atoms with Crippen molar-refractivity contribution in [1.29, 1.82) is 0 Å². The summed E-state index contributed by atoms with van der Waals surface area (Å²) in [5.41, 5.74) is 0. The van der Waals surface area contributed by atoms with E-state index in [9.17, 15) is 8.42 Å². The Labute approximate surface area is 85.8 Å². The molecule has 1 fully saturated rings. The molecule has 14 heavy (non-hydrogen) atoms. The summed E-state index contributed by atoms with van der Waals surface area (Å²) in [5, 5.41) is 8.55. The third-order valence-corrected chi connectivity index (χ3v) is 4.25. The normalized spacial score (nSPS) is 28.1. The van der Waals surface area contributed by atoms with Crippen LogP contribution in [-0.4, -0.2) is 31.9 Å². The number of hydrogen-bond acceptors (Lipinski definition) is 3. The second-order valence-corrected chi connectivity index (χ2v) is 5.90. The Balaban J connectivity index is 2.42. The quantitative estimate of drug-likeness (QED) is 0.709. The highest BCUT2D eigenvalue weighted by Crippen LogP contribution is 2.25. The summed E-state index contributed by atoms with van der Waals surface area (Å²) in [6, 6.07) is 0.110. The number of hydrogen-bond donors (Lipinski definition) is 2.